The molecule has 0 radical (unpaired) electrons. The number of alkyl halides is 1. The average Bonchev–Trinajstić information content (AvgIpc) is 2.79. The molecule has 31 heavy (non-hydrogen) atoms. The molecule has 1 unspecified atom stereocenters. The Balaban J connectivity index is 2.36. The molecule has 0 saturated heterocycles. The van der Waals surface area contributed by atoms with Gasteiger partial charge in [-0.3, -0.25) is 4.79 Å². The van der Waals surface area contributed by atoms with Crippen molar-refractivity contribution in [2.24, 2.45) is 0 Å². The number of amides is 1. The summed E-state index contributed by atoms with van der Waals surface area (Å²) in [6.07, 6.45) is 5.05. The Kier molecular flexibility index (Phi) is 14.9. The molecule has 1 N–H and O–H groups in total. The number of carbonyl (C=O) groups is 1. The number of hydrogen-bond acceptors (Lipinski definition) is 6. The van der Waals surface area contributed by atoms with E-state index in [2.05, 4.69) is 5.32 Å². The number of methoxy groups -OCH3 is 3. The highest BCUT2D eigenvalue weighted by Gasteiger charge is 2.22. The predicted molar refractivity (Wildman–Crippen MR) is 123 cm³/mol. The van der Waals surface area contributed by atoms with E-state index < -0.39 is 0 Å². The highest BCUT2D eigenvalue weighted by molar-refractivity contribution is 6.17. The highest BCUT2D eigenvalue weighted by Crippen LogP contribution is 2.40. The summed E-state index contributed by atoms with van der Waals surface area (Å²) >= 11 is 5.65. The van der Waals surface area contributed by atoms with Crippen LogP contribution < -0.4 is 19.5 Å². The molecule has 1 amide bonds. The van der Waals surface area contributed by atoms with Gasteiger partial charge in [-0.2, -0.15) is 0 Å². The monoisotopic (exact) mass is 459 g/mol. The molecular weight excluding hydrogens is 422 g/mol. The van der Waals surface area contributed by atoms with Crippen LogP contribution in [-0.2, 0) is 14.3 Å². The van der Waals surface area contributed by atoms with E-state index in [1.54, 1.807) is 21.3 Å². The summed E-state index contributed by atoms with van der Waals surface area (Å²) in [5.74, 6) is 1.92. The van der Waals surface area contributed by atoms with Gasteiger partial charge in [0.25, 0.3) is 0 Å². The first-order valence-corrected chi connectivity index (χ1v) is 11.4. The van der Waals surface area contributed by atoms with Crippen LogP contribution in [0, 0.1) is 0 Å². The molecule has 1 rings (SSSR count). The molecule has 1 atom stereocenters. The van der Waals surface area contributed by atoms with Crippen molar-refractivity contribution in [3.63, 3.8) is 0 Å². The number of nitrogens with one attached hydrogen (secondary N) is 1. The topological polar surface area (TPSA) is 75.3 Å². The molecule has 0 aromatic heterocycles. The molecular formula is C23H38ClNO6. The van der Waals surface area contributed by atoms with Gasteiger partial charge in [0.05, 0.1) is 47.1 Å². The normalized spacial score (nSPS) is 11.8. The summed E-state index contributed by atoms with van der Waals surface area (Å²) in [6, 6.07) is 3.64. The third-order valence-corrected chi connectivity index (χ3v) is 5.17. The average molecular weight is 460 g/mol. The van der Waals surface area contributed by atoms with E-state index in [4.69, 9.17) is 35.3 Å². The van der Waals surface area contributed by atoms with Crippen LogP contribution in [0.5, 0.6) is 17.2 Å². The standard InChI is InChI=1S/C23H38ClNO6/c1-5-19(18-16-20(27-2)22(29-4)21(17-18)28-3)23(26)25-11-13-31-15-14-30-12-9-7-6-8-10-24/h16-17,19H,5-15H2,1-4H3,(H,25,26). The first kappa shape index (κ1) is 27.3. The van der Waals surface area contributed by atoms with Crippen LogP contribution >= 0.6 is 11.6 Å². The van der Waals surface area contributed by atoms with Gasteiger partial charge in [-0.05, 0) is 37.0 Å². The fraction of sp³-hybridized carbons (Fsp3) is 0.696. The minimum absolute atomic E-state index is 0.0615. The van der Waals surface area contributed by atoms with E-state index in [-0.39, 0.29) is 11.8 Å². The molecule has 7 nitrogen and oxygen atoms in total. The van der Waals surface area contributed by atoms with Crippen molar-refractivity contribution < 1.29 is 28.5 Å². The molecule has 0 aliphatic rings. The van der Waals surface area contributed by atoms with Crippen LogP contribution in [0.4, 0.5) is 0 Å². The largest absolute Gasteiger partial charge is 0.493 e. The number of carbonyl (C=O) groups excluding carboxylic acids is 1. The lowest BCUT2D eigenvalue weighted by Crippen LogP contribution is -2.32. The lowest BCUT2D eigenvalue weighted by atomic mass is 9.94. The third kappa shape index (κ3) is 9.97. The zero-order chi connectivity index (χ0) is 22.9. The number of benzene rings is 1. The van der Waals surface area contributed by atoms with E-state index in [9.17, 15) is 4.79 Å². The number of halogens is 1. The Labute approximate surface area is 191 Å². The van der Waals surface area contributed by atoms with Crippen LogP contribution in [0.1, 0.15) is 50.5 Å². The van der Waals surface area contributed by atoms with Gasteiger partial charge in [0.2, 0.25) is 11.7 Å². The van der Waals surface area contributed by atoms with Crippen LogP contribution in [0.15, 0.2) is 12.1 Å². The zero-order valence-electron chi connectivity index (χ0n) is 19.3. The van der Waals surface area contributed by atoms with Gasteiger partial charge in [-0.15, -0.1) is 11.6 Å². The van der Waals surface area contributed by atoms with Crippen LogP contribution in [0.2, 0.25) is 0 Å². The first-order chi connectivity index (χ1) is 15.1. The second kappa shape index (κ2) is 16.9. The fourth-order valence-electron chi connectivity index (χ4n) is 3.22. The van der Waals surface area contributed by atoms with Gasteiger partial charge in [0.1, 0.15) is 0 Å². The summed E-state index contributed by atoms with van der Waals surface area (Å²) < 4.78 is 27.2. The summed E-state index contributed by atoms with van der Waals surface area (Å²) in [5, 5.41) is 2.94. The number of ether oxygens (including phenoxy) is 5. The molecule has 0 fully saturated rings. The van der Waals surface area contributed by atoms with E-state index in [1.807, 2.05) is 19.1 Å². The number of rotatable bonds is 18. The van der Waals surface area contributed by atoms with Gasteiger partial charge in [0, 0.05) is 19.0 Å². The second-order valence-electron chi connectivity index (χ2n) is 7.04. The Bertz CT molecular complexity index is 603. The lowest BCUT2D eigenvalue weighted by Gasteiger charge is -2.19. The molecule has 0 aliphatic heterocycles. The summed E-state index contributed by atoms with van der Waals surface area (Å²) in [7, 11) is 4.67. The molecule has 178 valence electrons. The maximum atomic E-state index is 12.7. The van der Waals surface area contributed by atoms with Crippen molar-refractivity contribution in [2.75, 3.05) is 60.2 Å². The molecule has 0 saturated carbocycles. The maximum Gasteiger partial charge on any atom is 0.227 e. The Hall–Kier alpha value is -1.70. The Morgan fingerprint density at radius 2 is 1.52 bits per heavy atom. The van der Waals surface area contributed by atoms with Crippen molar-refractivity contribution >= 4 is 17.5 Å². The summed E-state index contributed by atoms with van der Waals surface area (Å²) in [6.45, 7) is 4.68. The van der Waals surface area contributed by atoms with E-state index in [0.29, 0.717) is 50.0 Å². The molecule has 1 aromatic carbocycles. The maximum absolute atomic E-state index is 12.7. The zero-order valence-corrected chi connectivity index (χ0v) is 20.1. The van der Waals surface area contributed by atoms with Crippen molar-refractivity contribution in [3.05, 3.63) is 17.7 Å². The van der Waals surface area contributed by atoms with Crippen LogP contribution in [0.25, 0.3) is 0 Å². The predicted octanol–water partition coefficient (Wildman–Crippen LogP) is 4.15. The fourth-order valence-corrected chi connectivity index (χ4v) is 3.41. The van der Waals surface area contributed by atoms with Gasteiger partial charge < -0.3 is 29.0 Å². The Morgan fingerprint density at radius 1 is 0.903 bits per heavy atom. The van der Waals surface area contributed by atoms with E-state index in [1.165, 1.54) is 0 Å². The number of hydrogen-bond donors (Lipinski definition) is 1. The van der Waals surface area contributed by atoms with Crippen LogP contribution in [0.3, 0.4) is 0 Å². The summed E-state index contributed by atoms with van der Waals surface area (Å²) in [4.78, 5) is 12.7. The van der Waals surface area contributed by atoms with Gasteiger partial charge in [0.15, 0.2) is 11.5 Å². The van der Waals surface area contributed by atoms with Crippen molar-refractivity contribution in [1.29, 1.82) is 0 Å². The molecule has 8 heteroatoms. The van der Waals surface area contributed by atoms with Gasteiger partial charge in [-0.25, -0.2) is 0 Å². The smallest absolute Gasteiger partial charge is 0.227 e. The van der Waals surface area contributed by atoms with Crippen molar-refractivity contribution in [3.8, 4) is 17.2 Å². The minimum atomic E-state index is -0.323. The Morgan fingerprint density at radius 3 is 2.06 bits per heavy atom. The molecule has 0 spiro atoms. The van der Waals surface area contributed by atoms with Crippen molar-refractivity contribution in [2.45, 2.75) is 44.9 Å². The quantitative estimate of drug-likeness (QED) is 0.262. The third-order valence-electron chi connectivity index (χ3n) is 4.90. The number of unbranched alkanes of at least 4 members (excludes halogenated alkanes) is 3. The molecule has 0 heterocycles. The highest BCUT2D eigenvalue weighted by atomic mass is 35.5. The second-order valence-corrected chi connectivity index (χ2v) is 7.42. The minimum Gasteiger partial charge on any atom is -0.493 e. The van der Waals surface area contributed by atoms with Gasteiger partial charge >= 0.3 is 0 Å². The molecule has 0 aliphatic carbocycles. The van der Waals surface area contributed by atoms with E-state index >= 15 is 0 Å². The molecule has 0 bridgehead atoms. The first-order valence-electron chi connectivity index (χ1n) is 10.9. The van der Waals surface area contributed by atoms with Crippen molar-refractivity contribution in [1.82, 2.24) is 5.32 Å². The van der Waals surface area contributed by atoms with E-state index in [0.717, 1.165) is 43.7 Å². The lowest BCUT2D eigenvalue weighted by molar-refractivity contribution is -0.122. The molecule has 1 aromatic rings. The van der Waals surface area contributed by atoms with Gasteiger partial charge in [-0.1, -0.05) is 19.8 Å². The summed E-state index contributed by atoms with van der Waals surface area (Å²) in [5.41, 5.74) is 0.815. The van der Waals surface area contributed by atoms with Crippen LogP contribution in [-0.4, -0.2) is 66.1 Å². The SMILES string of the molecule is CCC(C(=O)NCCOCCOCCCCCCCl)c1cc(OC)c(OC)c(OC)c1.